The average molecular weight is 460 g/mol. The van der Waals surface area contributed by atoms with Crippen LogP contribution in [-0.4, -0.2) is 40.7 Å². The van der Waals surface area contributed by atoms with Gasteiger partial charge in [-0.15, -0.1) is 0 Å². The molecule has 10 nitrogen and oxygen atoms in total. The van der Waals surface area contributed by atoms with Crippen LogP contribution >= 0.6 is 0 Å². The summed E-state index contributed by atoms with van der Waals surface area (Å²) >= 11 is 0. The number of carbonyl (C=O) groups excluding carboxylic acids is 6. The van der Waals surface area contributed by atoms with Gasteiger partial charge in [0.05, 0.1) is 0 Å². The molecule has 2 N–H and O–H groups in total. The first-order valence-corrected chi connectivity index (χ1v) is 5.46. The molecule has 0 fully saturated rings. The van der Waals surface area contributed by atoms with Gasteiger partial charge in [0.15, 0.2) is 0 Å². The molecule has 0 aromatic rings. The fourth-order valence-electron chi connectivity index (χ4n) is 0.610. The zero-order valence-electron chi connectivity index (χ0n) is 12.9. The summed E-state index contributed by atoms with van der Waals surface area (Å²) in [5.41, 5.74) is 0. The van der Waals surface area contributed by atoms with Gasteiger partial charge in [0.1, 0.15) is 17.3 Å². The Kier molecular flexibility index (Phi) is 29.7. The molecule has 0 aliphatic heterocycles. The van der Waals surface area contributed by atoms with Gasteiger partial charge >= 0.3 is 35.6 Å². The van der Waals surface area contributed by atoms with Crippen molar-refractivity contribution >= 4 is 35.3 Å². The number of rotatable bonds is 6. The van der Waals surface area contributed by atoms with E-state index >= 15 is 0 Å². The number of carbonyl (C=O) groups is 6. The third-order valence-corrected chi connectivity index (χ3v) is 1.18. The topological polar surface area (TPSA) is 203 Å². The van der Waals surface area contributed by atoms with E-state index in [9.17, 15) is 44.1 Å². The fourth-order valence-corrected chi connectivity index (χ4v) is 0.610. The number of ketones is 3. The first-order valence-electron chi connectivity index (χ1n) is 5.46. The van der Waals surface area contributed by atoms with Gasteiger partial charge in [-0.05, 0) is 20.8 Å². The van der Waals surface area contributed by atoms with E-state index in [2.05, 4.69) is 0 Å². The molecule has 0 unspecified atom stereocenters. The van der Waals surface area contributed by atoms with Crippen molar-refractivity contribution in [2.24, 2.45) is 0 Å². The van der Waals surface area contributed by atoms with Crippen LogP contribution in [0.2, 0.25) is 0 Å². The van der Waals surface area contributed by atoms with E-state index in [-0.39, 0.29) is 58.4 Å². The summed E-state index contributed by atoms with van der Waals surface area (Å²) in [5, 5.41) is 28.4. The van der Waals surface area contributed by atoms with Crippen LogP contribution < -0.4 is 15.3 Å². The molecular formula is C12H17LaO10. The van der Waals surface area contributed by atoms with Crippen LogP contribution in [0.3, 0.4) is 0 Å². The summed E-state index contributed by atoms with van der Waals surface area (Å²) in [6, 6.07) is 0. The molecule has 0 amide bonds. The molecule has 23 heavy (non-hydrogen) atoms. The van der Waals surface area contributed by atoms with Crippen LogP contribution in [0.5, 0.6) is 0 Å². The Morgan fingerprint density at radius 2 is 0.696 bits per heavy atom. The summed E-state index contributed by atoms with van der Waals surface area (Å²) in [6.45, 7) is 3.61. The number of carboxylic acid groups (broad SMARTS) is 3. The Balaban J connectivity index is -0.0000000675. The zero-order chi connectivity index (χ0) is 17.6. The van der Waals surface area contributed by atoms with Gasteiger partial charge in [0.25, 0.3) is 0 Å². The van der Waals surface area contributed by atoms with Gasteiger partial charge in [-0.25, -0.2) is 0 Å². The smallest absolute Gasteiger partial charge is 0.550 e. The van der Waals surface area contributed by atoms with Crippen molar-refractivity contribution in [1.29, 1.82) is 0 Å². The van der Waals surface area contributed by atoms with Crippen molar-refractivity contribution in [3.63, 3.8) is 0 Å². The van der Waals surface area contributed by atoms with Crippen LogP contribution in [0.4, 0.5) is 0 Å². The van der Waals surface area contributed by atoms with E-state index in [1.165, 1.54) is 20.8 Å². The summed E-state index contributed by atoms with van der Waals surface area (Å²) in [5.74, 6) is -5.06. The van der Waals surface area contributed by atoms with Gasteiger partial charge in [-0.3, -0.25) is 14.4 Å². The average Bonchev–Trinajstić information content (AvgIpc) is 2.10. The molecule has 0 bridgehead atoms. The van der Waals surface area contributed by atoms with Gasteiger partial charge in [0, 0.05) is 37.2 Å². The molecule has 0 atom stereocenters. The second-order valence-corrected chi connectivity index (χ2v) is 3.75. The summed E-state index contributed by atoms with van der Waals surface area (Å²) in [7, 11) is 0. The normalized spacial score (nSPS) is 7.43. The second kappa shape index (κ2) is 20.6. The Morgan fingerprint density at radius 1 is 0.565 bits per heavy atom. The minimum absolute atomic E-state index is 0. The first kappa shape index (κ1) is 33.2. The Labute approximate surface area is 160 Å². The minimum Gasteiger partial charge on any atom is -0.550 e. The third-order valence-electron chi connectivity index (χ3n) is 1.18. The molecule has 0 saturated heterocycles. The van der Waals surface area contributed by atoms with E-state index in [4.69, 9.17) is 0 Å². The minimum atomic E-state index is -1.31. The third kappa shape index (κ3) is 63.5. The van der Waals surface area contributed by atoms with Gasteiger partial charge in [0.2, 0.25) is 0 Å². The maximum Gasteiger partial charge on any atom is 3.00 e. The van der Waals surface area contributed by atoms with E-state index in [0.29, 0.717) is 0 Å². The fraction of sp³-hybridized carbons (Fsp3) is 0.500. The SMILES string of the molecule is CC(=O)CC(=O)[O-].CC(=O)CC(=O)[O-].CC(=O)CC(=O)[O-].O.[La+3]. The van der Waals surface area contributed by atoms with Crippen molar-refractivity contribution < 1.29 is 85.2 Å². The second-order valence-electron chi connectivity index (χ2n) is 3.75. The molecular weight excluding hydrogens is 443 g/mol. The van der Waals surface area contributed by atoms with Crippen LogP contribution in [0, 0.1) is 35.6 Å². The van der Waals surface area contributed by atoms with Crippen LogP contribution in [0.1, 0.15) is 40.0 Å². The molecule has 0 heterocycles. The monoisotopic (exact) mass is 460 g/mol. The van der Waals surface area contributed by atoms with Crippen molar-refractivity contribution in [1.82, 2.24) is 0 Å². The quantitative estimate of drug-likeness (QED) is 0.349. The van der Waals surface area contributed by atoms with E-state index in [1.54, 1.807) is 0 Å². The maximum atomic E-state index is 9.83. The largest absolute Gasteiger partial charge is 3.00 e. The number of hydrogen-bond acceptors (Lipinski definition) is 9. The molecule has 0 rings (SSSR count). The maximum absolute atomic E-state index is 9.83. The summed E-state index contributed by atoms with van der Waals surface area (Å²) < 4.78 is 0. The molecule has 0 aliphatic rings. The van der Waals surface area contributed by atoms with E-state index in [1.807, 2.05) is 0 Å². The molecule has 0 aromatic heterocycles. The van der Waals surface area contributed by atoms with Crippen molar-refractivity contribution in [3.8, 4) is 0 Å². The Hall–Kier alpha value is -1.43. The molecule has 0 aromatic carbocycles. The Bertz CT molecular complexity index is 318. The van der Waals surface area contributed by atoms with Crippen molar-refractivity contribution in [2.75, 3.05) is 0 Å². The molecule has 0 saturated carbocycles. The van der Waals surface area contributed by atoms with Crippen molar-refractivity contribution in [2.45, 2.75) is 40.0 Å². The molecule has 0 spiro atoms. The predicted molar refractivity (Wildman–Crippen MR) is 64.5 cm³/mol. The first-order chi connectivity index (χ1) is 9.38. The van der Waals surface area contributed by atoms with Crippen molar-refractivity contribution in [3.05, 3.63) is 0 Å². The zero-order valence-corrected chi connectivity index (χ0v) is 16.5. The number of hydrogen-bond donors (Lipinski definition) is 0. The Morgan fingerprint density at radius 3 is 0.696 bits per heavy atom. The standard InChI is InChI=1S/3C4H6O3.La.H2O/c3*1-3(5)2-4(6)7;;/h3*2H2,1H3,(H,6,7);;1H2/q;;;+3;/p-3. The molecule has 128 valence electrons. The van der Waals surface area contributed by atoms with Crippen LogP contribution in [-0.2, 0) is 28.8 Å². The van der Waals surface area contributed by atoms with Crippen LogP contribution in [0.15, 0.2) is 0 Å². The molecule has 0 aliphatic carbocycles. The van der Waals surface area contributed by atoms with E-state index < -0.39 is 37.2 Å². The molecule has 0 radical (unpaired) electrons. The van der Waals surface area contributed by atoms with Crippen LogP contribution in [0.25, 0.3) is 0 Å². The summed E-state index contributed by atoms with van der Waals surface area (Å²) in [6.07, 6.45) is -1.42. The number of carboxylic acids is 3. The number of Topliss-reactive ketones (excluding diaryl/α,β-unsaturated/α-hetero) is 3. The number of aliphatic carboxylic acids is 3. The van der Waals surface area contributed by atoms with Gasteiger partial charge in [-0.1, -0.05) is 0 Å². The predicted octanol–water partition coefficient (Wildman–Crippen LogP) is -4.68. The molecule has 11 heteroatoms. The van der Waals surface area contributed by atoms with Gasteiger partial charge < -0.3 is 35.2 Å². The van der Waals surface area contributed by atoms with E-state index in [0.717, 1.165) is 0 Å². The summed E-state index contributed by atoms with van der Waals surface area (Å²) in [4.78, 5) is 57.9. The van der Waals surface area contributed by atoms with Gasteiger partial charge in [-0.2, -0.15) is 0 Å².